The van der Waals surface area contributed by atoms with Crippen molar-refractivity contribution in [3.63, 3.8) is 0 Å². The molecule has 1 fully saturated rings. The zero-order valence-electron chi connectivity index (χ0n) is 18.0. The van der Waals surface area contributed by atoms with Gasteiger partial charge in [-0.1, -0.05) is 76.6 Å². The van der Waals surface area contributed by atoms with Crippen LogP contribution in [0.2, 0.25) is 0 Å². The predicted octanol–water partition coefficient (Wildman–Crippen LogP) is 7.73. The first-order chi connectivity index (χ1) is 13.8. The highest BCUT2D eigenvalue weighted by atomic mass is 14.9. The Morgan fingerprint density at radius 2 is 1.39 bits per heavy atom. The molecule has 0 bridgehead atoms. The Bertz CT molecular complexity index is 667. The quantitative estimate of drug-likeness (QED) is 0.395. The van der Waals surface area contributed by atoms with Crippen LogP contribution in [-0.2, 0) is 6.42 Å². The van der Waals surface area contributed by atoms with Crippen molar-refractivity contribution in [3.05, 3.63) is 48.0 Å². The van der Waals surface area contributed by atoms with Crippen LogP contribution in [0.4, 0.5) is 0 Å². The molecule has 28 heavy (non-hydrogen) atoms. The Morgan fingerprint density at radius 3 is 2.04 bits per heavy atom. The number of nitrogens with zero attached hydrogens (tertiary/aromatic N) is 2. The summed E-state index contributed by atoms with van der Waals surface area (Å²) in [6.45, 7) is 4.55. The minimum Gasteiger partial charge on any atom is -0.240 e. The van der Waals surface area contributed by atoms with Crippen LogP contribution in [0.5, 0.6) is 0 Å². The summed E-state index contributed by atoms with van der Waals surface area (Å²) >= 11 is 0. The number of hydrogen-bond donors (Lipinski definition) is 0. The number of rotatable bonds is 10. The number of unbranched alkanes of at least 4 members (excludes halogenated alkanes) is 4. The highest BCUT2D eigenvalue weighted by Crippen LogP contribution is 2.36. The van der Waals surface area contributed by atoms with Gasteiger partial charge in [0.1, 0.15) is 5.82 Å². The molecule has 0 aliphatic heterocycles. The molecule has 2 heteroatoms. The summed E-state index contributed by atoms with van der Waals surface area (Å²) in [7, 11) is 0. The van der Waals surface area contributed by atoms with E-state index in [9.17, 15) is 0 Å². The largest absolute Gasteiger partial charge is 0.240 e. The van der Waals surface area contributed by atoms with Gasteiger partial charge in [-0.3, -0.25) is 0 Å². The van der Waals surface area contributed by atoms with Crippen molar-refractivity contribution in [2.24, 2.45) is 5.92 Å². The lowest BCUT2D eigenvalue weighted by atomic mass is 9.79. The summed E-state index contributed by atoms with van der Waals surface area (Å²) in [6, 6.07) is 8.97. The monoisotopic (exact) mass is 378 g/mol. The zero-order chi connectivity index (χ0) is 19.6. The van der Waals surface area contributed by atoms with Gasteiger partial charge < -0.3 is 0 Å². The lowest BCUT2D eigenvalue weighted by Gasteiger charge is -2.27. The highest BCUT2D eigenvalue weighted by molar-refractivity contribution is 5.61. The smallest absolute Gasteiger partial charge is 0.131 e. The lowest BCUT2D eigenvalue weighted by molar-refractivity contribution is 0.297. The van der Waals surface area contributed by atoms with Crippen LogP contribution in [0.3, 0.4) is 0 Å². The minimum absolute atomic E-state index is 0.567. The van der Waals surface area contributed by atoms with E-state index >= 15 is 0 Å². The number of hydrogen-bond acceptors (Lipinski definition) is 2. The molecule has 1 heterocycles. The third-order valence-corrected chi connectivity index (χ3v) is 6.46. The van der Waals surface area contributed by atoms with Crippen molar-refractivity contribution in [3.8, 4) is 11.1 Å². The van der Waals surface area contributed by atoms with Gasteiger partial charge in [0.15, 0.2) is 0 Å². The van der Waals surface area contributed by atoms with Crippen LogP contribution in [0, 0.1) is 5.92 Å². The lowest BCUT2D eigenvalue weighted by Crippen LogP contribution is -2.15. The van der Waals surface area contributed by atoms with Gasteiger partial charge in [-0.2, -0.15) is 0 Å². The van der Waals surface area contributed by atoms with Crippen LogP contribution in [0.25, 0.3) is 11.1 Å². The fourth-order valence-electron chi connectivity index (χ4n) is 4.53. The molecule has 1 aliphatic rings. The van der Waals surface area contributed by atoms with Crippen LogP contribution in [0.15, 0.2) is 36.7 Å². The molecule has 0 N–H and O–H groups in total. The van der Waals surface area contributed by atoms with Gasteiger partial charge in [0.25, 0.3) is 0 Å². The van der Waals surface area contributed by atoms with Crippen molar-refractivity contribution >= 4 is 0 Å². The summed E-state index contributed by atoms with van der Waals surface area (Å²) < 4.78 is 0. The molecular weight excluding hydrogens is 340 g/mol. The summed E-state index contributed by atoms with van der Waals surface area (Å²) in [5.74, 6) is 2.57. The minimum atomic E-state index is 0.567. The van der Waals surface area contributed by atoms with Gasteiger partial charge in [0.05, 0.1) is 0 Å². The van der Waals surface area contributed by atoms with E-state index in [1.807, 2.05) is 12.4 Å². The van der Waals surface area contributed by atoms with Crippen molar-refractivity contribution in [1.29, 1.82) is 0 Å². The average Bonchev–Trinajstić information content (AvgIpc) is 2.75. The zero-order valence-corrected chi connectivity index (χ0v) is 18.0. The molecule has 0 saturated heterocycles. The molecule has 0 radical (unpaired) electrons. The summed E-state index contributed by atoms with van der Waals surface area (Å²) in [5, 5.41) is 0. The Hall–Kier alpha value is -1.70. The molecule has 2 aromatic rings. The Balaban J connectivity index is 1.51. The molecule has 3 rings (SSSR count). The van der Waals surface area contributed by atoms with Crippen molar-refractivity contribution < 1.29 is 0 Å². The van der Waals surface area contributed by atoms with Gasteiger partial charge in [-0.25, -0.2) is 9.97 Å². The molecular formula is C26H38N2. The molecule has 1 aliphatic carbocycles. The molecule has 2 nitrogen and oxygen atoms in total. The molecule has 1 aromatic heterocycles. The fraction of sp³-hybridized carbons (Fsp3) is 0.615. The van der Waals surface area contributed by atoms with E-state index in [4.69, 9.17) is 9.97 Å². The van der Waals surface area contributed by atoms with E-state index in [2.05, 4.69) is 38.1 Å². The Kier molecular flexibility index (Phi) is 8.51. The molecule has 0 amide bonds. The predicted molar refractivity (Wildman–Crippen MR) is 120 cm³/mol. The van der Waals surface area contributed by atoms with Crippen molar-refractivity contribution in [1.82, 2.24) is 9.97 Å². The Labute approximate surface area is 172 Å². The molecule has 1 saturated carbocycles. The van der Waals surface area contributed by atoms with Gasteiger partial charge in [0.2, 0.25) is 0 Å². The van der Waals surface area contributed by atoms with Gasteiger partial charge in [-0.15, -0.1) is 0 Å². The van der Waals surface area contributed by atoms with Crippen molar-refractivity contribution in [2.45, 2.75) is 96.8 Å². The van der Waals surface area contributed by atoms with Gasteiger partial charge >= 0.3 is 0 Å². The van der Waals surface area contributed by atoms with Crippen LogP contribution in [0.1, 0.15) is 102 Å². The summed E-state index contributed by atoms with van der Waals surface area (Å²) in [5.41, 5.74) is 3.80. The second-order valence-corrected chi connectivity index (χ2v) is 8.70. The van der Waals surface area contributed by atoms with Crippen molar-refractivity contribution in [2.75, 3.05) is 0 Å². The third-order valence-electron chi connectivity index (χ3n) is 6.46. The maximum Gasteiger partial charge on any atom is 0.131 e. The van der Waals surface area contributed by atoms with E-state index in [-0.39, 0.29) is 0 Å². The van der Waals surface area contributed by atoms with Crippen LogP contribution < -0.4 is 0 Å². The summed E-state index contributed by atoms with van der Waals surface area (Å²) in [4.78, 5) is 9.50. The van der Waals surface area contributed by atoms with Gasteiger partial charge in [0, 0.05) is 23.9 Å². The topological polar surface area (TPSA) is 25.8 Å². The molecule has 1 aromatic carbocycles. The molecule has 0 atom stereocenters. The number of benzene rings is 1. The van der Waals surface area contributed by atoms with E-state index in [1.165, 1.54) is 88.2 Å². The van der Waals surface area contributed by atoms with E-state index in [0.717, 1.165) is 17.3 Å². The van der Waals surface area contributed by atoms with Gasteiger partial charge in [-0.05, 0) is 55.6 Å². The van der Waals surface area contributed by atoms with E-state index in [1.54, 1.807) is 0 Å². The standard InChI is InChI=1S/C26H38N2/c1-3-5-7-9-21-11-15-23(16-12-21)25-19-27-26(28-20-25)24-17-13-22(14-18-24)10-8-6-4-2/h11-12,15-16,19-20,22,24H,3-10,13-14,17-18H2,1-2H3/t22-,24-. The van der Waals surface area contributed by atoms with E-state index in [0.29, 0.717) is 5.92 Å². The second-order valence-electron chi connectivity index (χ2n) is 8.70. The fourth-order valence-corrected chi connectivity index (χ4v) is 4.53. The maximum absolute atomic E-state index is 4.75. The number of aromatic nitrogens is 2. The first-order valence-electron chi connectivity index (χ1n) is 11.7. The molecule has 0 unspecified atom stereocenters. The average molecular weight is 379 g/mol. The maximum atomic E-state index is 4.75. The SMILES string of the molecule is CCCCCc1ccc(-c2cnc([C@H]3CC[C@H](CCCCC)CC3)nc2)cc1. The molecule has 152 valence electrons. The highest BCUT2D eigenvalue weighted by Gasteiger charge is 2.23. The van der Waals surface area contributed by atoms with Crippen LogP contribution in [-0.4, -0.2) is 9.97 Å². The first-order valence-corrected chi connectivity index (χ1v) is 11.7. The second kappa shape index (κ2) is 11.3. The van der Waals surface area contributed by atoms with Crippen LogP contribution >= 0.6 is 0 Å². The Morgan fingerprint density at radius 1 is 0.750 bits per heavy atom. The molecule has 0 spiro atoms. The normalized spacial score (nSPS) is 19.6. The third kappa shape index (κ3) is 6.15. The first kappa shape index (κ1) is 21.0. The van der Waals surface area contributed by atoms with E-state index < -0.39 is 0 Å². The summed E-state index contributed by atoms with van der Waals surface area (Å²) in [6.07, 6.45) is 19.9. The number of aryl methyl sites for hydroxylation is 1.